The minimum atomic E-state index is -4.45. The summed E-state index contributed by atoms with van der Waals surface area (Å²) in [4.78, 5) is 12.6. The third kappa shape index (κ3) is 6.00. The van der Waals surface area contributed by atoms with Crippen molar-refractivity contribution in [1.29, 1.82) is 0 Å². The Morgan fingerprint density at radius 1 is 1.00 bits per heavy atom. The van der Waals surface area contributed by atoms with Gasteiger partial charge in [0.05, 0.1) is 28.4 Å². The Morgan fingerprint density at radius 2 is 1.75 bits per heavy atom. The Kier molecular flexibility index (Phi) is 7.87. The van der Waals surface area contributed by atoms with Gasteiger partial charge in [-0.2, -0.15) is 13.2 Å². The van der Waals surface area contributed by atoms with Crippen molar-refractivity contribution < 1.29 is 22.4 Å². The van der Waals surface area contributed by atoms with E-state index in [1.165, 1.54) is 18.2 Å². The van der Waals surface area contributed by atoms with Crippen molar-refractivity contribution in [3.05, 3.63) is 105 Å². The number of carbonyl (C=O) groups excluding carboxylic acids is 1. The van der Waals surface area contributed by atoms with Crippen LogP contribution in [-0.4, -0.2) is 20.7 Å². The molecule has 0 aliphatic carbocycles. The number of amides is 1. The molecule has 1 aromatic heterocycles. The van der Waals surface area contributed by atoms with Crippen molar-refractivity contribution in [3.8, 4) is 5.69 Å². The van der Waals surface area contributed by atoms with E-state index < -0.39 is 23.5 Å². The third-order valence-electron chi connectivity index (χ3n) is 4.99. The van der Waals surface area contributed by atoms with Gasteiger partial charge in [0, 0.05) is 10.8 Å². The summed E-state index contributed by atoms with van der Waals surface area (Å²) in [6.45, 7) is -0.132. The molecule has 0 radical (unpaired) electrons. The Hall–Kier alpha value is -3.08. The number of aromatic nitrogens is 3. The summed E-state index contributed by atoms with van der Waals surface area (Å²) in [5.41, 5.74) is -0.0222. The van der Waals surface area contributed by atoms with Gasteiger partial charge in [-0.3, -0.25) is 9.36 Å². The highest BCUT2D eigenvalue weighted by molar-refractivity contribution is 7.98. The first-order valence-electron chi connectivity index (χ1n) is 10.3. The molecule has 0 spiro atoms. The fourth-order valence-electron chi connectivity index (χ4n) is 3.33. The molecule has 186 valence electrons. The molecule has 0 unspecified atom stereocenters. The van der Waals surface area contributed by atoms with Crippen LogP contribution in [0.25, 0.3) is 5.69 Å². The number of benzene rings is 3. The van der Waals surface area contributed by atoms with Gasteiger partial charge in [-0.15, -0.1) is 10.2 Å². The summed E-state index contributed by atoms with van der Waals surface area (Å²) in [5, 5.41) is 11.6. The van der Waals surface area contributed by atoms with Crippen LogP contribution in [0.4, 0.5) is 17.6 Å². The number of hydrogen-bond acceptors (Lipinski definition) is 4. The second kappa shape index (κ2) is 10.9. The smallest absolute Gasteiger partial charge is 0.345 e. The average Bonchev–Trinajstić information content (AvgIpc) is 3.24. The van der Waals surface area contributed by atoms with E-state index in [0.717, 1.165) is 30.0 Å². The second-order valence-corrected chi connectivity index (χ2v) is 9.27. The number of halogens is 6. The highest BCUT2D eigenvalue weighted by Gasteiger charge is 2.30. The van der Waals surface area contributed by atoms with Crippen LogP contribution < -0.4 is 5.32 Å². The zero-order valence-corrected chi connectivity index (χ0v) is 20.5. The predicted molar refractivity (Wildman–Crippen MR) is 130 cm³/mol. The molecular weight excluding hydrogens is 539 g/mol. The lowest BCUT2D eigenvalue weighted by Gasteiger charge is -2.12. The van der Waals surface area contributed by atoms with E-state index in [9.17, 15) is 22.4 Å². The van der Waals surface area contributed by atoms with E-state index in [2.05, 4.69) is 15.5 Å². The number of nitrogens with zero attached hydrogens (tertiary/aromatic N) is 3. The van der Waals surface area contributed by atoms with E-state index in [-0.39, 0.29) is 22.9 Å². The first-order chi connectivity index (χ1) is 17.1. The molecule has 0 fully saturated rings. The van der Waals surface area contributed by atoms with Gasteiger partial charge in [-0.05, 0) is 42.0 Å². The van der Waals surface area contributed by atoms with Crippen LogP contribution in [0.3, 0.4) is 0 Å². The summed E-state index contributed by atoms with van der Waals surface area (Å²) in [6, 6.07) is 15.7. The summed E-state index contributed by atoms with van der Waals surface area (Å²) < 4.78 is 54.9. The van der Waals surface area contributed by atoms with Gasteiger partial charge in [0.15, 0.2) is 11.0 Å². The fourth-order valence-corrected chi connectivity index (χ4v) is 4.68. The number of hydrogen-bond donors (Lipinski definition) is 1. The van der Waals surface area contributed by atoms with Crippen LogP contribution in [0.1, 0.15) is 27.3 Å². The van der Waals surface area contributed by atoms with Crippen LogP contribution in [0, 0.1) is 5.82 Å². The Morgan fingerprint density at radius 3 is 2.47 bits per heavy atom. The van der Waals surface area contributed by atoms with Gasteiger partial charge in [0.25, 0.3) is 5.91 Å². The average molecular weight is 555 g/mol. The Balaban J connectivity index is 1.60. The Labute approximate surface area is 217 Å². The minimum Gasteiger partial charge on any atom is -0.345 e. The standard InChI is InChI=1S/C24H16Cl2F4N4OS/c25-16-6-2-7-17(11-16)34-20(12-31-22(35)21-18(26)8-3-9-19(21)27)32-33-23(34)36-13-14-4-1-5-15(10-14)24(28,29)30/h1-11H,12-13H2,(H,31,35). The van der Waals surface area contributed by atoms with Crippen molar-refractivity contribution >= 4 is 40.9 Å². The zero-order valence-electron chi connectivity index (χ0n) is 18.2. The van der Waals surface area contributed by atoms with Crippen molar-refractivity contribution in [2.45, 2.75) is 23.6 Å². The zero-order chi connectivity index (χ0) is 25.9. The first-order valence-corrected chi connectivity index (χ1v) is 12.1. The van der Waals surface area contributed by atoms with Crippen LogP contribution in [-0.2, 0) is 18.5 Å². The van der Waals surface area contributed by atoms with Gasteiger partial charge in [0.1, 0.15) is 5.82 Å². The maximum absolute atomic E-state index is 14.1. The molecule has 0 bridgehead atoms. The molecule has 0 atom stereocenters. The van der Waals surface area contributed by atoms with Gasteiger partial charge >= 0.3 is 6.18 Å². The van der Waals surface area contributed by atoms with Crippen molar-refractivity contribution in [1.82, 2.24) is 20.1 Å². The van der Waals surface area contributed by atoms with Crippen LogP contribution in [0.5, 0.6) is 0 Å². The largest absolute Gasteiger partial charge is 0.416 e. The lowest BCUT2D eigenvalue weighted by Crippen LogP contribution is -2.26. The van der Waals surface area contributed by atoms with E-state index in [1.807, 2.05) is 0 Å². The summed E-state index contributed by atoms with van der Waals surface area (Å²) >= 11 is 13.3. The SMILES string of the molecule is O=C(NCc1nnc(SCc2cccc(C(F)(F)F)c2)n1-c1cccc(Cl)c1)c1c(F)cccc1Cl. The highest BCUT2D eigenvalue weighted by atomic mass is 35.5. The molecule has 5 nitrogen and oxygen atoms in total. The maximum Gasteiger partial charge on any atom is 0.416 e. The third-order valence-corrected chi connectivity index (χ3v) is 6.54. The lowest BCUT2D eigenvalue weighted by atomic mass is 10.1. The molecule has 12 heteroatoms. The van der Waals surface area contributed by atoms with E-state index in [1.54, 1.807) is 34.9 Å². The van der Waals surface area contributed by atoms with E-state index in [4.69, 9.17) is 23.2 Å². The summed E-state index contributed by atoms with van der Waals surface area (Å²) in [5.74, 6) is -1.03. The number of rotatable bonds is 7. The normalized spacial score (nSPS) is 11.5. The molecule has 1 N–H and O–H groups in total. The molecular formula is C24H16Cl2F4N4OS. The van der Waals surface area contributed by atoms with Gasteiger partial charge in [-0.25, -0.2) is 4.39 Å². The summed E-state index contributed by atoms with van der Waals surface area (Å²) in [7, 11) is 0. The molecule has 1 heterocycles. The van der Waals surface area contributed by atoms with E-state index in [0.29, 0.717) is 27.3 Å². The van der Waals surface area contributed by atoms with Crippen LogP contribution >= 0.6 is 35.0 Å². The molecule has 4 rings (SSSR count). The molecule has 0 saturated heterocycles. The Bertz CT molecular complexity index is 1390. The lowest BCUT2D eigenvalue weighted by molar-refractivity contribution is -0.137. The first kappa shape index (κ1) is 26.0. The maximum atomic E-state index is 14.1. The molecule has 0 saturated carbocycles. The fraction of sp³-hybridized carbons (Fsp3) is 0.125. The van der Waals surface area contributed by atoms with Crippen molar-refractivity contribution in [2.75, 3.05) is 0 Å². The van der Waals surface area contributed by atoms with E-state index >= 15 is 0 Å². The monoisotopic (exact) mass is 554 g/mol. The molecule has 4 aromatic rings. The van der Waals surface area contributed by atoms with Gasteiger partial charge in [0.2, 0.25) is 0 Å². The van der Waals surface area contributed by atoms with Crippen LogP contribution in [0.15, 0.2) is 71.9 Å². The number of nitrogens with one attached hydrogen (secondary N) is 1. The van der Waals surface area contributed by atoms with Crippen molar-refractivity contribution in [2.24, 2.45) is 0 Å². The number of thioether (sulfide) groups is 1. The predicted octanol–water partition coefficient (Wildman–Crippen LogP) is 6.95. The molecule has 3 aromatic carbocycles. The molecule has 36 heavy (non-hydrogen) atoms. The number of carbonyl (C=O) groups is 1. The second-order valence-electron chi connectivity index (χ2n) is 7.48. The van der Waals surface area contributed by atoms with Crippen molar-refractivity contribution in [3.63, 3.8) is 0 Å². The minimum absolute atomic E-state index is 0.0406. The summed E-state index contributed by atoms with van der Waals surface area (Å²) in [6.07, 6.45) is -4.45. The molecule has 1 amide bonds. The van der Waals surface area contributed by atoms with Gasteiger partial charge in [-0.1, -0.05) is 65.3 Å². The topological polar surface area (TPSA) is 59.8 Å². The number of alkyl halides is 3. The van der Waals surface area contributed by atoms with Crippen LogP contribution in [0.2, 0.25) is 10.0 Å². The van der Waals surface area contributed by atoms with Gasteiger partial charge < -0.3 is 5.32 Å². The molecule has 0 aliphatic rings. The quantitative estimate of drug-likeness (QED) is 0.198. The highest BCUT2D eigenvalue weighted by Crippen LogP contribution is 2.32. The molecule has 0 aliphatic heterocycles.